The van der Waals surface area contributed by atoms with Gasteiger partial charge in [0.05, 0.1) is 0 Å². The predicted molar refractivity (Wildman–Crippen MR) is 119 cm³/mol. The van der Waals surface area contributed by atoms with Crippen LogP contribution in [0.25, 0.3) is 0 Å². The van der Waals surface area contributed by atoms with Gasteiger partial charge in [-0.3, -0.25) is 0 Å². The molecule has 0 saturated heterocycles. The Balaban J connectivity index is 0. The van der Waals surface area contributed by atoms with Crippen LogP contribution in [0.5, 0.6) is 0 Å². The third-order valence-corrected chi connectivity index (χ3v) is 5.10. The van der Waals surface area contributed by atoms with Crippen molar-refractivity contribution in [3.8, 4) is 0 Å². The fourth-order valence-corrected chi connectivity index (χ4v) is 3.62. The Kier molecular flexibility index (Phi) is 19.0. The Morgan fingerprint density at radius 1 is 0.520 bits per heavy atom. The summed E-state index contributed by atoms with van der Waals surface area (Å²) in [5.74, 6) is 2.58. The molecule has 0 aliphatic carbocycles. The SMILES string of the molecule is CC(C)C.CCCCC(CCCC)(CCCC(C)C)CCCC(C)C. The summed E-state index contributed by atoms with van der Waals surface area (Å²) in [5.41, 5.74) is 0.676. The molecule has 0 aromatic rings. The van der Waals surface area contributed by atoms with Crippen LogP contribution in [-0.4, -0.2) is 0 Å². The highest BCUT2D eigenvalue weighted by Gasteiger charge is 2.28. The number of hydrogen-bond acceptors (Lipinski definition) is 0. The third kappa shape index (κ3) is 20.2. The third-order valence-electron chi connectivity index (χ3n) is 5.10. The molecule has 0 aliphatic rings. The topological polar surface area (TPSA) is 0 Å². The summed E-state index contributed by atoms with van der Waals surface area (Å²) in [6, 6.07) is 0. The van der Waals surface area contributed by atoms with Crippen molar-refractivity contribution in [1.29, 1.82) is 0 Å². The van der Waals surface area contributed by atoms with E-state index in [1.807, 2.05) is 0 Å². The molecular weight excluding hydrogens is 300 g/mol. The van der Waals surface area contributed by atoms with E-state index in [0.29, 0.717) is 5.41 Å². The summed E-state index contributed by atoms with van der Waals surface area (Å²) in [4.78, 5) is 0. The van der Waals surface area contributed by atoms with Crippen LogP contribution < -0.4 is 0 Å². The quantitative estimate of drug-likeness (QED) is 0.291. The van der Waals surface area contributed by atoms with Gasteiger partial charge in [0.1, 0.15) is 0 Å². The average Bonchev–Trinajstić information content (AvgIpc) is 2.49. The molecule has 0 saturated carbocycles. The molecule has 0 nitrogen and oxygen atoms in total. The van der Waals surface area contributed by atoms with Crippen molar-refractivity contribution in [2.24, 2.45) is 23.2 Å². The van der Waals surface area contributed by atoms with Crippen molar-refractivity contribution in [3.05, 3.63) is 0 Å². The van der Waals surface area contributed by atoms with E-state index in [0.717, 1.165) is 17.8 Å². The van der Waals surface area contributed by atoms with Crippen molar-refractivity contribution < 1.29 is 0 Å². The van der Waals surface area contributed by atoms with Gasteiger partial charge in [0.15, 0.2) is 0 Å². The largest absolute Gasteiger partial charge is 0.0654 e. The molecule has 0 N–H and O–H groups in total. The van der Waals surface area contributed by atoms with Gasteiger partial charge in [-0.05, 0) is 48.9 Å². The van der Waals surface area contributed by atoms with Crippen molar-refractivity contribution in [2.75, 3.05) is 0 Å². The lowest BCUT2D eigenvalue weighted by molar-refractivity contribution is 0.170. The highest BCUT2D eigenvalue weighted by atomic mass is 14.3. The summed E-state index contributed by atoms with van der Waals surface area (Å²) in [6.07, 6.45) is 17.3. The smallest absolute Gasteiger partial charge is 0.0297 e. The van der Waals surface area contributed by atoms with E-state index in [2.05, 4.69) is 62.3 Å². The van der Waals surface area contributed by atoms with Crippen LogP contribution in [0.2, 0.25) is 0 Å². The molecule has 0 amide bonds. The minimum Gasteiger partial charge on any atom is -0.0654 e. The van der Waals surface area contributed by atoms with Gasteiger partial charge in [0, 0.05) is 0 Å². The molecule has 0 spiro atoms. The standard InChI is InChI=1S/C21H44.C4H10/c1-7-9-15-21(16-10-8-2,17-11-13-19(3)4)18-12-14-20(5)6;1-4(2)3/h19-20H,7-18H2,1-6H3;4H,1-3H3. The van der Waals surface area contributed by atoms with Gasteiger partial charge in [-0.15, -0.1) is 0 Å². The first-order chi connectivity index (χ1) is 11.7. The lowest BCUT2D eigenvalue weighted by Crippen LogP contribution is -2.22. The maximum atomic E-state index is 2.37. The lowest BCUT2D eigenvalue weighted by Gasteiger charge is -2.35. The fourth-order valence-electron chi connectivity index (χ4n) is 3.62. The molecular formula is C25H54. The monoisotopic (exact) mass is 354 g/mol. The normalized spacial score (nSPS) is 12.0. The summed E-state index contributed by atoms with van der Waals surface area (Å²) in [5, 5.41) is 0. The van der Waals surface area contributed by atoms with Crippen LogP contribution in [0.3, 0.4) is 0 Å². The second-order valence-electron chi connectivity index (χ2n) is 10.0. The molecule has 0 heteroatoms. The Bertz CT molecular complexity index is 222. The van der Waals surface area contributed by atoms with Crippen molar-refractivity contribution >= 4 is 0 Å². The highest BCUT2D eigenvalue weighted by Crippen LogP contribution is 2.41. The number of hydrogen-bond donors (Lipinski definition) is 0. The van der Waals surface area contributed by atoms with Gasteiger partial charge in [-0.25, -0.2) is 0 Å². The van der Waals surface area contributed by atoms with E-state index in [4.69, 9.17) is 0 Å². The summed E-state index contributed by atoms with van der Waals surface area (Å²) in [7, 11) is 0. The van der Waals surface area contributed by atoms with E-state index < -0.39 is 0 Å². The minimum atomic E-state index is 0.676. The number of unbranched alkanes of at least 4 members (excludes halogenated alkanes) is 2. The molecule has 0 atom stereocenters. The molecule has 0 aromatic carbocycles. The molecule has 0 bridgehead atoms. The minimum absolute atomic E-state index is 0.676. The summed E-state index contributed by atoms with van der Waals surface area (Å²) in [6.45, 7) is 20.7. The van der Waals surface area contributed by atoms with E-state index in [1.54, 1.807) is 0 Å². The van der Waals surface area contributed by atoms with Crippen LogP contribution in [0.1, 0.15) is 139 Å². The Labute approximate surface area is 163 Å². The lowest BCUT2D eigenvalue weighted by atomic mass is 9.70. The van der Waals surface area contributed by atoms with Gasteiger partial charge >= 0.3 is 0 Å². The maximum absolute atomic E-state index is 2.37. The van der Waals surface area contributed by atoms with E-state index in [1.165, 1.54) is 77.0 Å². The van der Waals surface area contributed by atoms with E-state index >= 15 is 0 Å². The van der Waals surface area contributed by atoms with Gasteiger partial charge in [0.25, 0.3) is 0 Å². The number of rotatable bonds is 14. The molecule has 154 valence electrons. The molecule has 0 fully saturated rings. The fraction of sp³-hybridized carbons (Fsp3) is 1.00. The predicted octanol–water partition coefficient (Wildman–Crippen LogP) is 9.67. The molecule has 0 heterocycles. The van der Waals surface area contributed by atoms with Gasteiger partial charge < -0.3 is 0 Å². The summed E-state index contributed by atoms with van der Waals surface area (Å²) < 4.78 is 0. The second-order valence-corrected chi connectivity index (χ2v) is 10.0. The van der Waals surface area contributed by atoms with Crippen molar-refractivity contribution in [1.82, 2.24) is 0 Å². The average molecular weight is 355 g/mol. The first-order valence-electron chi connectivity index (χ1n) is 11.7. The van der Waals surface area contributed by atoms with Crippen LogP contribution in [0.4, 0.5) is 0 Å². The zero-order valence-electron chi connectivity index (χ0n) is 19.7. The van der Waals surface area contributed by atoms with Crippen molar-refractivity contribution in [3.63, 3.8) is 0 Å². The van der Waals surface area contributed by atoms with Crippen molar-refractivity contribution in [2.45, 2.75) is 139 Å². The molecule has 0 aliphatic heterocycles. The first-order valence-corrected chi connectivity index (χ1v) is 11.7. The van der Waals surface area contributed by atoms with Crippen LogP contribution in [-0.2, 0) is 0 Å². The van der Waals surface area contributed by atoms with E-state index in [-0.39, 0.29) is 0 Å². The Morgan fingerprint density at radius 3 is 1.04 bits per heavy atom. The van der Waals surface area contributed by atoms with Crippen LogP contribution in [0.15, 0.2) is 0 Å². The molecule has 25 heavy (non-hydrogen) atoms. The molecule has 0 aromatic heterocycles. The van der Waals surface area contributed by atoms with Gasteiger partial charge in [-0.1, -0.05) is 114 Å². The van der Waals surface area contributed by atoms with Gasteiger partial charge in [-0.2, -0.15) is 0 Å². The Hall–Kier alpha value is 0. The second kappa shape index (κ2) is 17.4. The molecule has 0 radical (unpaired) electrons. The van der Waals surface area contributed by atoms with Gasteiger partial charge in [0.2, 0.25) is 0 Å². The Morgan fingerprint density at radius 2 is 0.800 bits per heavy atom. The zero-order valence-corrected chi connectivity index (χ0v) is 19.7. The maximum Gasteiger partial charge on any atom is -0.0297 e. The first kappa shape index (κ1) is 27.2. The van der Waals surface area contributed by atoms with Crippen LogP contribution in [0, 0.1) is 23.2 Å². The zero-order chi connectivity index (χ0) is 19.7. The summed E-state index contributed by atoms with van der Waals surface area (Å²) >= 11 is 0. The molecule has 0 rings (SSSR count). The molecule has 0 unspecified atom stereocenters. The van der Waals surface area contributed by atoms with E-state index in [9.17, 15) is 0 Å². The van der Waals surface area contributed by atoms with Crippen LogP contribution >= 0.6 is 0 Å². The highest BCUT2D eigenvalue weighted by molar-refractivity contribution is 4.80.